The second-order valence-corrected chi connectivity index (χ2v) is 22.5. The van der Waals surface area contributed by atoms with Gasteiger partial charge in [-0.25, -0.2) is 0 Å². The van der Waals surface area contributed by atoms with Crippen LogP contribution in [0.25, 0.3) is 33.4 Å². The zero-order valence-electron chi connectivity index (χ0n) is 40.8. The number of nitrogens with zero attached hydrogens (tertiary/aromatic N) is 2. The third kappa shape index (κ3) is 5.70. The van der Waals surface area contributed by atoms with E-state index in [4.69, 9.17) is 0 Å². The van der Waals surface area contributed by atoms with Gasteiger partial charge in [0.2, 0.25) is 0 Å². The van der Waals surface area contributed by atoms with Crippen molar-refractivity contribution in [1.82, 2.24) is 0 Å². The normalized spacial score (nSPS) is 20.1. The summed E-state index contributed by atoms with van der Waals surface area (Å²) in [5.74, 6) is 0.354. The molecule has 68 heavy (non-hydrogen) atoms. The summed E-state index contributed by atoms with van der Waals surface area (Å²) in [5.41, 5.74) is 28.2. The highest BCUT2D eigenvalue weighted by molar-refractivity contribution is 5.91. The molecule has 0 radical (unpaired) electrons. The van der Waals surface area contributed by atoms with Crippen LogP contribution in [0.5, 0.6) is 0 Å². The highest BCUT2D eigenvalue weighted by atomic mass is 15.2. The number of rotatable bonds is 5. The second-order valence-electron chi connectivity index (χ2n) is 22.5. The van der Waals surface area contributed by atoms with Crippen LogP contribution in [0.2, 0.25) is 0 Å². The van der Waals surface area contributed by atoms with Crippen molar-refractivity contribution in [2.24, 2.45) is 5.92 Å². The number of anilines is 5. The molecule has 2 heterocycles. The first-order valence-corrected chi connectivity index (χ1v) is 25.0. The van der Waals surface area contributed by atoms with E-state index >= 15 is 0 Å². The SMILES string of the molecule is CC1(C)C2=C(CCC(c3ccc(N(c4ccc(-c5ccc6c(c5)C(C)(C)c5ccccc5-6)cc4)c4ccc5c(c4)C(C)(C)C4CC=CC6=C4N5c4ccccc4C6(C)C)cc3)=C2)c2ccccc21. The molecule has 2 aliphatic heterocycles. The van der Waals surface area contributed by atoms with Crippen LogP contribution in [0, 0.1) is 5.92 Å². The summed E-state index contributed by atoms with van der Waals surface area (Å²) in [4.78, 5) is 5.12. The van der Waals surface area contributed by atoms with E-state index in [1.807, 2.05) is 0 Å². The molecular weight excluding hydrogens is 821 g/mol. The number of allylic oxidation sites excluding steroid dienone is 8. The summed E-state index contributed by atoms with van der Waals surface area (Å²) < 4.78 is 0. The van der Waals surface area contributed by atoms with E-state index in [1.54, 1.807) is 0 Å². The number of hydrogen-bond acceptors (Lipinski definition) is 2. The fourth-order valence-electron chi connectivity index (χ4n) is 13.6. The molecule has 0 saturated heterocycles. The Bertz CT molecular complexity index is 3420. The van der Waals surface area contributed by atoms with Gasteiger partial charge in [0.1, 0.15) is 0 Å². The highest BCUT2D eigenvalue weighted by Gasteiger charge is 2.50. The minimum Gasteiger partial charge on any atom is -0.313 e. The Balaban J connectivity index is 0.921. The monoisotopic (exact) mass is 880 g/mol. The Hall–Kier alpha value is -6.90. The van der Waals surface area contributed by atoms with Gasteiger partial charge in [-0.05, 0) is 157 Å². The third-order valence-corrected chi connectivity index (χ3v) is 17.5. The van der Waals surface area contributed by atoms with Crippen molar-refractivity contribution in [2.45, 2.75) is 96.3 Å². The van der Waals surface area contributed by atoms with E-state index in [1.165, 1.54) is 106 Å². The number of hydrogen-bond donors (Lipinski definition) is 0. The van der Waals surface area contributed by atoms with Crippen molar-refractivity contribution >= 4 is 39.6 Å². The first kappa shape index (κ1) is 41.3. The van der Waals surface area contributed by atoms with Gasteiger partial charge in [0.25, 0.3) is 0 Å². The summed E-state index contributed by atoms with van der Waals surface area (Å²) in [7, 11) is 0. The Morgan fingerprint density at radius 2 is 1.03 bits per heavy atom. The average molecular weight is 881 g/mol. The van der Waals surface area contributed by atoms with Crippen LogP contribution in [0.1, 0.15) is 114 Å². The highest BCUT2D eigenvalue weighted by Crippen LogP contribution is 2.61. The van der Waals surface area contributed by atoms with Gasteiger partial charge in [-0.15, -0.1) is 0 Å². The van der Waals surface area contributed by atoms with Crippen LogP contribution in [-0.2, 0) is 21.7 Å². The van der Waals surface area contributed by atoms with Crippen LogP contribution in [0.15, 0.2) is 193 Å². The lowest BCUT2D eigenvalue weighted by Gasteiger charge is -2.54. The molecule has 7 aromatic carbocycles. The Kier molecular flexibility index (Phi) is 8.69. The zero-order valence-corrected chi connectivity index (χ0v) is 40.8. The smallest absolute Gasteiger partial charge is 0.0499 e. The van der Waals surface area contributed by atoms with Crippen molar-refractivity contribution in [2.75, 3.05) is 9.80 Å². The molecular formula is C66H60N2. The number of fused-ring (bicyclic) bond motifs is 9. The molecule has 2 nitrogen and oxygen atoms in total. The van der Waals surface area contributed by atoms with Gasteiger partial charge >= 0.3 is 0 Å². The van der Waals surface area contributed by atoms with Crippen LogP contribution in [0.4, 0.5) is 28.4 Å². The van der Waals surface area contributed by atoms with Crippen molar-refractivity contribution in [3.63, 3.8) is 0 Å². The van der Waals surface area contributed by atoms with E-state index in [2.05, 4.69) is 241 Å². The predicted molar refractivity (Wildman–Crippen MR) is 287 cm³/mol. The maximum absolute atomic E-state index is 2.63. The molecule has 334 valence electrons. The zero-order chi connectivity index (χ0) is 46.5. The molecule has 0 fully saturated rings. The minimum absolute atomic E-state index is 0.000237. The van der Waals surface area contributed by atoms with Crippen molar-refractivity contribution in [3.05, 3.63) is 232 Å². The minimum atomic E-state index is -0.107. The summed E-state index contributed by atoms with van der Waals surface area (Å²) in [5, 5.41) is 0. The predicted octanol–water partition coefficient (Wildman–Crippen LogP) is 17.6. The molecule has 0 aromatic heterocycles. The largest absolute Gasteiger partial charge is 0.313 e. The van der Waals surface area contributed by atoms with E-state index in [0.717, 1.165) is 30.6 Å². The Morgan fingerprint density at radius 3 is 1.76 bits per heavy atom. The maximum Gasteiger partial charge on any atom is 0.0499 e. The first-order valence-electron chi connectivity index (χ1n) is 25.0. The Morgan fingerprint density at radius 1 is 0.456 bits per heavy atom. The molecule has 0 N–H and O–H groups in total. The summed E-state index contributed by atoms with van der Waals surface area (Å²) >= 11 is 0. The van der Waals surface area contributed by atoms with Crippen LogP contribution < -0.4 is 9.80 Å². The molecule has 0 saturated carbocycles. The van der Waals surface area contributed by atoms with E-state index < -0.39 is 0 Å². The summed E-state index contributed by atoms with van der Waals surface area (Å²) in [6.07, 6.45) is 10.5. The van der Waals surface area contributed by atoms with E-state index in [-0.39, 0.29) is 21.7 Å². The molecule has 1 unspecified atom stereocenters. The first-order chi connectivity index (χ1) is 32.7. The van der Waals surface area contributed by atoms with Gasteiger partial charge in [0, 0.05) is 61.7 Å². The summed E-state index contributed by atoms with van der Waals surface area (Å²) in [6.45, 7) is 19.3. The molecule has 4 aliphatic carbocycles. The Labute approximate surface area is 403 Å². The second kappa shape index (κ2) is 14.3. The van der Waals surface area contributed by atoms with Crippen LogP contribution in [-0.4, -0.2) is 0 Å². The lowest BCUT2D eigenvalue weighted by molar-refractivity contribution is 0.339. The molecule has 6 aliphatic rings. The molecule has 2 heteroatoms. The standard InChI is InChI=1S/C66H60N2/c1-63(2)52-18-11-9-16-48(52)50-35-28-43(38-57(50)63)41-24-30-45(31-25-41)67(46-32-26-42(27-33-46)44-29-36-51-49-17-10-12-19-53(49)64(3,4)58(51)39-44)47-34-37-61-59(40-47)66(7,8)56-22-15-21-55-62(56)68(61)60-23-14-13-20-54(60)65(55,5)6/h9-21,23-28,30-35,37-40,56H,22,29,36H2,1-8H3. The van der Waals surface area contributed by atoms with Crippen molar-refractivity contribution in [3.8, 4) is 22.3 Å². The van der Waals surface area contributed by atoms with Crippen LogP contribution >= 0.6 is 0 Å². The van der Waals surface area contributed by atoms with Gasteiger partial charge in [-0.3, -0.25) is 0 Å². The molecule has 13 rings (SSSR count). The molecule has 7 aromatic rings. The molecule has 0 bridgehead atoms. The third-order valence-electron chi connectivity index (χ3n) is 17.5. The maximum atomic E-state index is 2.63. The van der Waals surface area contributed by atoms with Gasteiger partial charge in [0.15, 0.2) is 0 Å². The number of para-hydroxylation sites is 1. The van der Waals surface area contributed by atoms with E-state index in [9.17, 15) is 0 Å². The fraction of sp³-hybridized carbons (Fsp3) is 0.242. The van der Waals surface area contributed by atoms with Gasteiger partial charge in [-0.2, -0.15) is 0 Å². The summed E-state index contributed by atoms with van der Waals surface area (Å²) in [6, 6.07) is 60.3. The molecule has 0 spiro atoms. The van der Waals surface area contributed by atoms with Gasteiger partial charge in [0.05, 0.1) is 0 Å². The van der Waals surface area contributed by atoms with Crippen molar-refractivity contribution < 1.29 is 0 Å². The molecule has 0 amide bonds. The van der Waals surface area contributed by atoms with Crippen molar-refractivity contribution in [1.29, 1.82) is 0 Å². The fourth-order valence-corrected chi connectivity index (χ4v) is 13.6. The average Bonchev–Trinajstić information content (AvgIpc) is 3.73. The number of benzene rings is 7. The van der Waals surface area contributed by atoms with E-state index in [0.29, 0.717) is 5.92 Å². The molecule has 1 atom stereocenters. The van der Waals surface area contributed by atoms with Gasteiger partial charge in [-0.1, -0.05) is 177 Å². The lowest BCUT2D eigenvalue weighted by Crippen LogP contribution is -2.47. The van der Waals surface area contributed by atoms with Gasteiger partial charge < -0.3 is 9.80 Å². The topological polar surface area (TPSA) is 6.48 Å². The lowest BCUT2D eigenvalue weighted by atomic mass is 9.60. The quantitative estimate of drug-likeness (QED) is 0.170. The van der Waals surface area contributed by atoms with Crippen LogP contribution in [0.3, 0.4) is 0 Å².